The summed E-state index contributed by atoms with van der Waals surface area (Å²) >= 11 is 0. The van der Waals surface area contributed by atoms with Gasteiger partial charge in [0.25, 0.3) is 0 Å². The topological polar surface area (TPSA) is 83.9 Å². The van der Waals surface area contributed by atoms with E-state index < -0.39 is 29.3 Å². The Kier molecular flexibility index (Phi) is 3.48. The van der Waals surface area contributed by atoms with Gasteiger partial charge in [0.1, 0.15) is 0 Å². The summed E-state index contributed by atoms with van der Waals surface area (Å²) in [6.45, 7) is 5.56. The Morgan fingerprint density at radius 1 is 1.39 bits per heavy atom. The number of nitrogens with zero attached hydrogens (tertiary/aromatic N) is 1. The molecule has 3 aliphatic rings. The molecule has 2 bridgehead atoms. The number of allylic oxidation sites excluding steroid dienone is 2. The first-order valence-electron chi connectivity index (χ1n) is 7.82. The van der Waals surface area contributed by atoms with Gasteiger partial charge in [-0.1, -0.05) is 17.7 Å². The Morgan fingerprint density at radius 3 is 2.61 bits per heavy atom. The molecule has 0 spiro atoms. The highest BCUT2D eigenvalue weighted by atomic mass is 16.5. The van der Waals surface area contributed by atoms with Crippen molar-refractivity contribution in [1.82, 2.24) is 4.90 Å². The van der Waals surface area contributed by atoms with Crippen molar-refractivity contribution in [3.63, 3.8) is 0 Å². The number of aliphatic hydroxyl groups excluding tert-OH is 1. The fourth-order valence-electron chi connectivity index (χ4n) is 4.60. The standard InChI is InChI=1S/C17H21NO5/c1-5-23-16(22)13(19)17-7-6-9(11(17)8(2)3)10-12(17)15(21)18(4)14(10)20/h6-7,9-10,12-13,19H,5H2,1-4H3/t9-,10+,12+,13-,17-/m1/s1. The number of ether oxygens (including phenoxy) is 1. The molecule has 1 aliphatic heterocycles. The zero-order valence-electron chi connectivity index (χ0n) is 13.7. The minimum Gasteiger partial charge on any atom is -0.464 e. The highest BCUT2D eigenvalue weighted by molar-refractivity contribution is 6.08. The second-order valence-electron chi connectivity index (χ2n) is 6.63. The number of likely N-dealkylation sites (tertiary alicyclic amines) is 1. The molecule has 6 heteroatoms. The molecule has 1 saturated carbocycles. The fraction of sp³-hybridized carbons (Fsp3) is 0.588. The average molecular weight is 319 g/mol. The van der Waals surface area contributed by atoms with Gasteiger partial charge in [-0.2, -0.15) is 0 Å². The van der Waals surface area contributed by atoms with E-state index in [9.17, 15) is 19.5 Å². The van der Waals surface area contributed by atoms with Gasteiger partial charge in [-0.25, -0.2) is 4.79 Å². The highest BCUT2D eigenvalue weighted by Crippen LogP contribution is 2.65. The van der Waals surface area contributed by atoms with Crippen molar-refractivity contribution in [1.29, 1.82) is 0 Å². The molecule has 1 heterocycles. The van der Waals surface area contributed by atoms with E-state index in [0.717, 1.165) is 16.0 Å². The largest absolute Gasteiger partial charge is 0.464 e. The maximum absolute atomic E-state index is 12.6. The number of carbonyl (C=O) groups excluding carboxylic acids is 3. The molecule has 0 aromatic heterocycles. The van der Waals surface area contributed by atoms with Crippen molar-refractivity contribution in [3.05, 3.63) is 23.3 Å². The predicted octanol–water partition coefficient (Wildman–Crippen LogP) is 0.664. The van der Waals surface area contributed by atoms with Crippen molar-refractivity contribution in [3.8, 4) is 0 Å². The molecule has 3 rings (SSSR count). The van der Waals surface area contributed by atoms with Crippen LogP contribution >= 0.6 is 0 Å². The van der Waals surface area contributed by atoms with Crippen LogP contribution in [0, 0.1) is 23.2 Å². The lowest BCUT2D eigenvalue weighted by molar-refractivity contribution is -0.160. The van der Waals surface area contributed by atoms with Gasteiger partial charge in [0.15, 0.2) is 6.10 Å². The number of amides is 2. The van der Waals surface area contributed by atoms with Crippen LogP contribution in [0.2, 0.25) is 0 Å². The predicted molar refractivity (Wildman–Crippen MR) is 80.8 cm³/mol. The van der Waals surface area contributed by atoms with E-state index in [-0.39, 0.29) is 24.3 Å². The van der Waals surface area contributed by atoms with E-state index in [2.05, 4.69) is 0 Å². The molecule has 23 heavy (non-hydrogen) atoms. The molecule has 6 nitrogen and oxygen atoms in total. The van der Waals surface area contributed by atoms with Gasteiger partial charge >= 0.3 is 5.97 Å². The number of imide groups is 1. The quantitative estimate of drug-likeness (QED) is 0.469. The number of rotatable bonds is 3. The molecule has 0 aromatic carbocycles. The molecule has 1 N–H and O–H groups in total. The van der Waals surface area contributed by atoms with Crippen LogP contribution in [-0.2, 0) is 19.1 Å². The summed E-state index contributed by atoms with van der Waals surface area (Å²) < 4.78 is 4.97. The Balaban J connectivity index is 2.17. The average Bonchev–Trinajstić information content (AvgIpc) is 3.10. The number of hydrogen-bond donors (Lipinski definition) is 1. The molecule has 2 amide bonds. The number of hydrogen-bond acceptors (Lipinski definition) is 5. The SMILES string of the molecule is CCOC(=O)[C@@H](O)[C@]12C=C[C@@H](C1=C(C)C)[C@@H]1C(=O)N(C)C(=O)[C@H]12. The van der Waals surface area contributed by atoms with E-state index in [1.165, 1.54) is 7.05 Å². The molecule has 0 unspecified atom stereocenters. The van der Waals surface area contributed by atoms with Crippen molar-refractivity contribution in [2.75, 3.05) is 13.7 Å². The smallest absolute Gasteiger partial charge is 0.336 e. The summed E-state index contributed by atoms with van der Waals surface area (Å²) in [5, 5.41) is 10.7. The first-order chi connectivity index (χ1) is 10.8. The van der Waals surface area contributed by atoms with Gasteiger partial charge < -0.3 is 9.84 Å². The first kappa shape index (κ1) is 15.9. The molecule has 5 atom stereocenters. The summed E-state index contributed by atoms with van der Waals surface area (Å²) in [6.07, 6.45) is 2.08. The lowest BCUT2D eigenvalue weighted by Gasteiger charge is -2.35. The van der Waals surface area contributed by atoms with Crippen LogP contribution < -0.4 is 0 Å². The Morgan fingerprint density at radius 2 is 2.04 bits per heavy atom. The van der Waals surface area contributed by atoms with E-state index in [4.69, 9.17) is 4.74 Å². The number of carbonyl (C=O) groups is 3. The monoisotopic (exact) mass is 319 g/mol. The Labute approximate surface area is 134 Å². The molecular formula is C17H21NO5. The third-order valence-corrected chi connectivity index (χ3v) is 5.35. The Hall–Kier alpha value is -1.95. The fourth-order valence-corrected chi connectivity index (χ4v) is 4.60. The first-order valence-corrected chi connectivity index (χ1v) is 7.82. The third-order valence-electron chi connectivity index (χ3n) is 5.35. The maximum Gasteiger partial charge on any atom is 0.336 e. The molecule has 2 aliphatic carbocycles. The van der Waals surface area contributed by atoms with Gasteiger partial charge in [0.05, 0.1) is 23.9 Å². The number of esters is 1. The minimum atomic E-state index is -1.49. The summed E-state index contributed by atoms with van der Waals surface area (Å²) in [4.78, 5) is 38.4. The second-order valence-corrected chi connectivity index (χ2v) is 6.63. The van der Waals surface area contributed by atoms with Gasteiger partial charge in [-0.15, -0.1) is 0 Å². The van der Waals surface area contributed by atoms with Gasteiger partial charge in [0, 0.05) is 13.0 Å². The van der Waals surface area contributed by atoms with Crippen LogP contribution in [0.15, 0.2) is 23.3 Å². The summed E-state index contributed by atoms with van der Waals surface area (Å²) in [6, 6.07) is 0. The summed E-state index contributed by atoms with van der Waals surface area (Å²) in [7, 11) is 1.45. The van der Waals surface area contributed by atoms with Crippen LogP contribution in [-0.4, -0.2) is 47.5 Å². The zero-order valence-corrected chi connectivity index (χ0v) is 13.7. The highest BCUT2D eigenvalue weighted by Gasteiger charge is 2.71. The lowest BCUT2D eigenvalue weighted by atomic mass is 9.69. The van der Waals surface area contributed by atoms with E-state index >= 15 is 0 Å². The van der Waals surface area contributed by atoms with Gasteiger partial charge in [-0.3, -0.25) is 14.5 Å². The summed E-state index contributed by atoms with van der Waals surface area (Å²) in [5.74, 6) is -2.85. The van der Waals surface area contributed by atoms with Gasteiger partial charge in [0.2, 0.25) is 11.8 Å². The van der Waals surface area contributed by atoms with Gasteiger partial charge in [-0.05, 0) is 26.3 Å². The molecular weight excluding hydrogens is 298 g/mol. The zero-order chi connectivity index (χ0) is 17.1. The van der Waals surface area contributed by atoms with Crippen molar-refractivity contribution in [2.45, 2.75) is 26.9 Å². The maximum atomic E-state index is 12.6. The number of fused-ring (bicyclic) bond motifs is 5. The molecule has 0 aromatic rings. The van der Waals surface area contributed by atoms with Crippen LogP contribution in [0.5, 0.6) is 0 Å². The Bertz CT molecular complexity index is 660. The third kappa shape index (κ3) is 1.75. The molecule has 2 fully saturated rings. The lowest BCUT2D eigenvalue weighted by Crippen LogP contribution is -2.47. The van der Waals surface area contributed by atoms with E-state index in [0.29, 0.717) is 0 Å². The van der Waals surface area contributed by atoms with Crippen molar-refractivity contribution in [2.24, 2.45) is 23.2 Å². The minimum absolute atomic E-state index is 0.143. The van der Waals surface area contributed by atoms with Crippen LogP contribution in [0.4, 0.5) is 0 Å². The molecule has 124 valence electrons. The van der Waals surface area contributed by atoms with E-state index in [1.807, 2.05) is 19.9 Å². The van der Waals surface area contributed by atoms with E-state index in [1.54, 1.807) is 13.0 Å². The molecule has 0 radical (unpaired) electrons. The molecule has 1 saturated heterocycles. The van der Waals surface area contributed by atoms with Crippen LogP contribution in [0.25, 0.3) is 0 Å². The van der Waals surface area contributed by atoms with Crippen molar-refractivity contribution >= 4 is 17.8 Å². The second kappa shape index (κ2) is 5.03. The number of aliphatic hydroxyl groups is 1. The van der Waals surface area contributed by atoms with Crippen molar-refractivity contribution < 1.29 is 24.2 Å². The summed E-state index contributed by atoms with van der Waals surface area (Å²) in [5.41, 5.74) is 0.557. The van der Waals surface area contributed by atoms with Crippen LogP contribution in [0.3, 0.4) is 0 Å². The van der Waals surface area contributed by atoms with Crippen LogP contribution in [0.1, 0.15) is 20.8 Å². The normalized spacial score (nSPS) is 35.8.